The lowest BCUT2D eigenvalue weighted by atomic mass is 10.0. The highest BCUT2D eigenvalue weighted by molar-refractivity contribution is 7.89. The first-order valence-corrected chi connectivity index (χ1v) is 5.84. The third-order valence-electron chi connectivity index (χ3n) is 2.60. The van der Waals surface area contributed by atoms with Gasteiger partial charge in [0, 0.05) is 6.42 Å². The number of cyclic esters (lactones) is 1. The van der Waals surface area contributed by atoms with Gasteiger partial charge < -0.3 is 4.74 Å². The van der Waals surface area contributed by atoms with E-state index in [9.17, 15) is 13.2 Å². The number of ether oxygens (including phenoxy) is 1. The first kappa shape index (κ1) is 8.96. The predicted octanol–water partition coefficient (Wildman–Crippen LogP) is -0.629. The molecule has 1 aliphatic heterocycles. The number of hydrogen-bond acceptors (Lipinski definition) is 4. The summed E-state index contributed by atoms with van der Waals surface area (Å²) in [5, 5.41) is 4.85. The molecule has 0 aromatic rings. The van der Waals surface area contributed by atoms with Gasteiger partial charge in [0.05, 0.1) is 5.41 Å². The quantitative estimate of drug-likeness (QED) is 0.608. The Morgan fingerprint density at radius 3 is 2.54 bits per heavy atom. The van der Waals surface area contributed by atoms with Gasteiger partial charge in [-0.15, -0.1) is 0 Å². The lowest BCUT2D eigenvalue weighted by Gasteiger charge is -2.05. The summed E-state index contributed by atoms with van der Waals surface area (Å²) in [5.74, 6) is -0.498. The van der Waals surface area contributed by atoms with Gasteiger partial charge in [0.1, 0.15) is 11.9 Å². The van der Waals surface area contributed by atoms with Crippen LogP contribution in [0.25, 0.3) is 0 Å². The van der Waals surface area contributed by atoms with Gasteiger partial charge in [0.2, 0.25) is 10.0 Å². The van der Waals surface area contributed by atoms with Crippen LogP contribution in [0.1, 0.15) is 19.3 Å². The largest absolute Gasteiger partial charge is 0.461 e. The summed E-state index contributed by atoms with van der Waals surface area (Å²) in [7, 11) is -3.53. The van der Waals surface area contributed by atoms with Crippen molar-refractivity contribution in [1.82, 2.24) is 0 Å². The summed E-state index contributed by atoms with van der Waals surface area (Å²) < 4.78 is 26.3. The molecule has 1 atom stereocenters. The Morgan fingerprint density at radius 2 is 2.15 bits per heavy atom. The molecule has 1 spiro atoms. The van der Waals surface area contributed by atoms with Gasteiger partial charge in [-0.05, 0) is 12.8 Å². The lowest BCUT2D eigenvalue weighted by molar-refractivity contribution is -0.144. The first-order chi connectivity index (χ1) is 5.91. The van der Waals surface area contributed by atoms with Crippen LogP contribution in [0.3, 0.4) is 0 Å². The van der Waals surface area contributed by atoms with Gasteiger partial charge in [-0.25, -0.2) is 13.6 Å². The van der Waals surface area contributed by atoms with Gasteiger partial charge in [-0.3, -0.25) is 4.79 Å². The van der Waals surface area contributed by atoms with E-state index in [1.54, 1.807) is 0 Å². The molecule has 74 valence electrons. The monoisotopic (exact) mass is 205 g/mol. The van der Waals surface area contributed by atoms with Gasteiger partial charge >= 0.3 is 5.97 Å². The molecule has 0 aromatic heterocycles. The van der Waals surface area contributed by atoms with Crippen LogP contribution in [0.4, 0.5) is 0 Å². The number of carbonyl (C=O) groups is 1. The van der Waals surface area contributed by atoms with Crippen LogP contribution >= 0.6 is 0 Å². The van der Waals surface area contributed by atoms with E-state index in [1.165, 1.54) is 0 Å². The molecule has 1 unspecified atom stereocenters. The molecular weight excluding hydrogens is 194 g/mol. The molecule has 1 heterocycles. The van der Waals surface area contributed by atoms with E-state index in [2.05, 4.69) is 0 Å². The average Bonchev–Trinajstić information content (AvgIpc) is 2.58. The molecule has 0 radical (unpaired) electrons. The number of nitrogens with two attached hydrogens (primary N) is 1. The average molecular weight is 205 g/mol. The molecule has 0 aromatic carbocycles. The van der Waals surface area contributed by atoms with Crippen molar-refractivity contribution >= 4 is 16.0 Å². The Hall–Kier alpha value is -0.620. The van der Waals surface area contributed by atoms with E-state index in [0.29, 0.717) is 6.42 Å². The van der Waals surface area contributed by atoms with Crippen molar-refractivity contribution in [2.24, 2.45) is 10.6 Å². The lowest BCUT2D eigenvalue weighted by Crippen LogP contribution is -2.26. The number of carbonyl (C=O) groups excluding carboxylic acids is 1. The maximum absolute atomic E-state index is 11.2. The summed E-state index contributed by atoms with van der Waals surface area (Å²) >= 11 is 0. The van der Waals surface area contributed by atoms with E-state index in [4.69, 9.17) is 9.88 Å². The second kappa shape index (κ2) is 2.45. The fourth-order valence-corrected chi connectivity index (χ4v) is 2.45. The zero-order valence-electron chi connectivity index (χ0n) is 7.02. The van der Waals surface area contributed by atoms with Gasteiger partial charge in [-0.2, -0.15) is 0 Å². The van der Waals surface area contributed by atoms with Crippen molar-refractivity contribution in [1.29, 1.82) is 0 Å². The van der Waals surface area contributed by atoms with Crippen molar-refractivity contribution in [2.45, 2.75) is 25.4 Å². The van der Waals surface area contributed by atoms with Crippen LogP contribution in [0, 0.1) is 5.41 Å². The van der Waals surface area contributed by atoms with Gasteiger partial charge in [0.15, 0.2) is 0 Å². The van der Waals surface area contributed by atoms with Crippen LogP contribution in [-0.4, -0.2) is 26.2 Å². The molecule has 0 bridgehead atoms. The Morgan fingerprint density at radius 1 is 1.54 bits per heavy atom. The summed E-state index contributed by atoms with van der Waals surface area (Å²) in [5.41, 5.74) is -0.338. The molecule has 2 aliphatic rings. The van der Waals surface area contributed by atoms with E-state index in [1.807, 2.05) is 0 Å². The fraction of sp³-hybridized carbons (Fsp3) is 0.857. The second-order valence-corrected chi connectivity index (χ2v) is 5.50. The molecule has 2 N–H and O–H groups in total. The minimum absolute atomic E-state index is 0.249. The van der Waals surface area contributed by atoms with Crippen molar-refractivity contribution in [3.05, 3.63) is 0 Å². The summed E-state index contributed by atoms with van der Waals surface area (Å²) in [6.07, 6.45) is 1.65. The molecule has 6 heteroatoms. The molecule has 5 nitrogen and oxygen atoms in total. The highest BCUT2D eigenvalue weighted by atomic mass is 32.2. The number of sulfonamides is 1. The Kier molecular flexibility index (Phi) is 1.69. The van der Waals surface area contributed by atoms with Crippen LogP contribution in [0.2, 0.25) is 0 Å². The molecule has 2 rings (SSSR count). The molecule has 1 aliphatic carbocycles. The van der Waals surface area contributed by atoms with Crippen LogP contribution in [-0.2, 0) is 19.6 Å². The SMILES string of the molecule is NS(=O)(=O)CC1CC2(CC2)C(=O)O1. The van der Waals surface area contributed by atoms with Crippen molar-refractivity contribution in [2.75, 3.05) is 5.75 Å². The number of primary sulfonamides is 1. The number of rotatable bonds is 2. The summed E-state index contributed by atoms with van der Waals surface area (Å²) in [6.45, 7) is 0. The minimum atomic E-state index is -3.53. The zero-order valence-corrected chi connectivity index (χ0v) is 7.84. The number of hydrogen-bond donors (Lipinski definition) is 1. The Labute approximate surface area is 76.3 Å². The summed E-state index contributed by atoms with van der Waals surface area (Å²) in [4.78, 5) is 11.2. The maximum atomic E-state index is 11.2. The molecule has 13 heavy (non-hydrogen) atoms. The van der Waals surface area contributed by atoms with Crippen LogP contribution in [0.5, 0.6) is 0 Å². The highest BCUT2D eigenvalue weighted by Crippen LogP contribution is 2.54. The molecular formula is C7H11NO4S. The number of esters is 1. The second-order valence-electron chi connectivity index (χ2n) is 3.84. The first-order valence-electron chi connectivity index (χ1n) is 4.13. The normalized spacial score (nSPS) is 30.5. The fourth-order valence-electron chi connectivity index (χ4n) is 1.75. The van der Waals surface area contributed by atoms with Gasteiger partial charge in [0.25, 0.3) is 0 Å². The Bertz CT molecular complexity index is 344. The highest BCUT2D eigenvalue weighted by Gasteiger charge is 2.58. The zero-order chi connectivity index (χ0) is 9.69. The molecule has 1 saturated heterocycles. The smallest absolute Gasteiger partial charge is 0.312 e. The standard InChI is InChI=1S/C7H11NO4S/c8-13(10,11)4-5-3-7(1-2-7)6(9)12-5/h5H,1-4H2,(H2,8,10,11). The van der Waals surface area contributed by atoms with Gasteiger partial charge in [-0.1, -0.05) is 0 Å². The maximum Gasteiger partial charge on any atom is 0.312 e. The van der Waals surface area contributed by atoms with E-state index in [-0.39, 0.29) is 17.1 Å². The van der Waals surface area contributed by atoms with E-state index < -0.39 is 16.1 Å². The topological polar surface area (TPSA) is 86.5 Å². The third kappa shape index (κ3) is 1.68. The molecule has 1 saturated carbocycles. The van der Waals surface area contributed by atoms with Crippen LogP contribution in [0.15, 0.2) is 0 Å². The summed E-state index contributed by atoms with van der Waals surface area (Å²) in [6, 6.07) is 0. The van der Waals surface area contributed by atoms with Crippen molar-refractivity contribution in [3.8, 4) is 0 Å². The molecule has 0 amide bonds. The van der Waals surface area contributed by atoms with Crippen LogP contribution < -0.4 is 5.14 Å². The Balaban J connectivity index is 2.03. The molecule has 2 fully saturated rings. The third-order valence-corrected chi connectivity index (χ3v) is 3.43. The van der Waals surface area contributed by atoms with E-state index >= 15 is 0 Å². The van der Waals surface area contributed by atoms with Crippen molar-refractivity contribution in [3.63, 3.8) is 0 Å². The predicted molar refractivity (Wildman–Crippen MR) is 44.1 cm³/mol. The van der Waals surface area contributed by atoms with E-state index in [0.717, 1.165) is 12.8 Å². The minimum Gasteiger partial charge on any atom is -0.461 e. The van der Waals surface area contributed by atoms with Crippen molar-refractivity contribution < 1.29 is 17.9 Å².